The lowest BCUT2D eigenvalue weighted by Crippen LogP contribution is -2.25. The van der Waals surface area contributed by atoms with Crippen LogP contribution in [-0.2, 0) is 4.74 Å². The van der Waals surface area contributed by atoms with Gasteiger partial charge in [0.15, 0.2) is 0 Å². The Morgan fingerprint density at radius 3 is 2.41 bits per heavy atom. The van der Waals surface area contributed by atoms with E-state index in [0.29, 0.717) is 11.4 Å². The van der Waals surface area contributed by atoms with Gasteiger partial charge >= 0.3 is 5.97 Å². The number of rotatable bonds is 3. The number of phenols is 1. The molecule has 0 saturated heterocycles. The first-order chi connectivity index (χ1) is 10.4. The molecule has 1 heterocycles. The molecule has 0 aliphatic heterocycles. The Morgan fingerprint density at radius 2 is 1.82 bits per heavy atom. The van der Waals surface area contributed by atoms with E-state index in [1.54, 1.807) is 0 Å². The van der Waals surface area contributed by atoms with Crippen LogP contribution < -0.4 is 10.9 Å². The molecule has 0 saturated carbocycles. The number of phenolic OH excluding ortho intramolecular Hbond substituents is 1. The first-order valence-corrected chi connectivity index (χ1v) is 6.35. The maximum atomic E-state index is 12.1. The molecule has 22 heavy (non-hydrogen) atoms. The van der Waals surface area contributed by atoms with Crippen LogP contribution in [-0.4, -0.2) is 29.1 Å². The molecule has 0 radical (unpaired) electrons. The number of aromatic nitrogens is 1. The molecular formula is C15H14N2O5. The highest BCUT2D eigenvalue weighted by Gasteiger charge is 2.17. The van der Waals surface area contributed by atoms with Crippen molar-refractivity contribution in [3.8, 4) is 5.75 Å². The van der Waals surface area contributed by atoms with Crippen LogP contribution in [0.1, 0.15) is 26.4 Å². The first kappa shape index (κ1) is 15.3. The number of aromatic amines is 1. The van der Waals surface area contributed by atoms with Crippen molar-refractivity contribution in [1.82, 2.24) is 4.98 Å². The van der Waals surface area contributed by atoms with Gasteiger partial charge in [-0.1, -0.05) is 0 Å². The molecular weight excluding hydrogens is 288 g/mol. The molecule has 0 atom stereocenters. The highest BCUT2D eigenvalue weighted by Crippen LogP contribution is 2.15. The molecule has 7 nitrogen and oxygen atoms in total. The number of anilines is 1. The summed E-state index contributed by atoms with van der Waals surface area (Å²) in [4.78, 5) is 38.1. The lowest BCUT2D eigenvalue weighted by molar-refractivity contribution is 0.0599. The topological polar surface area (TPSA) is 108 Å². The van der Waals surface area contributed by atoms with Crippen molar-refractivity contribution in [3.05, 3.63) is 57.5 Å². The van der Waals surface area contributed by atoms with E-state index in [9.17, 15) is 19.5 Å². The Labute approximate surface area is 125 Å². The molecule has 0 unspecified atom stereocenters. The number of benzene rings is 1. The number of carbonyl (C=O) groups is 2. The Kier molecular flexibility index (Phi) is 4.26. The van der Waals surface area contributed by atoms with Gasteiger partial charge < -0.3 is 20.1 Å². The molecule has 1 aromatic carbocycles. The van der Waals surface area contributed by atoms with Crippen LogP contribution in [0.3, 0.4) is 0 Å². The van der Waals surface area contributed by atoms with Gasteiger partial charge in [0.1, 0.15) is 11.3 Å². The van der Waals surface area contributed by atoms with Crippen LogP contribution in [0.15, 0.2) is 35.1 Å². The molecule has 114 valence electrons. The lowest BCUT2D eigenvalue weighted by atomic mass is 10.1. The van der Waals surface area contributed by atoms with Crippen LogP contribution in [0, 0.1) is 6.92 Å². The number of esters is 1. The van der Waals surface area contributed by atoms with E-state index in [2.05, 4.69) is 15.0 Å². The zero-order chi connectivity index (χ0) is 16.3. The number of pyridine rings is 1. The summed E-state index contributed by atoms with van der Waals surface area (Å²) >= 11 is 0. The molecule has 3 N–H and O–H groups in total. The van der Waals surface area contributed by atoms with Crippen LogP contribution >= 0.6 is 0 Å². The van der Waals surface area contributed by atoms with Crippen LogP contribution in [0.25, 0.3) is 0 Å². The van der Waals surface area contributed by atoms with Crippen molar-refractivity contribution in [2.75, 3.05) is 12.4 Å². The van der Waals surface area contributed by atoms with Crippen molar-refractivity contribution < 1.29 is 19.4 Å². The zero-order valence-electron chi connectivity index (χ0n) is 12.0. The van der Waals surface area contributed by atoms with E-state index < -0.39 is 17.4 Å². The van der Waals surface area contributed by atoms with Gasteiger partial charge in [0.2, 0.25) is 0 Å². The number of amides is 1. The fourth-order valence-corrected chi connectivity index (χ4v) is 1.86. The Hall–Kier alpha value is -3.09. The SMILES string of the molecule is COC(=O)c1cc(C(=O)Nc2ccc(O)cc2)c(=O)[nH]c1C. The van der Waals surface area contributed by atoms with Gasteiger partial charge in [-0.2, -0.15) is 0 Å². The maximum absolute atomic E-state index is 12.1. The van der Waals surface area contributed by atoms with Crippen LogP contribution in [0.4, 0.5) is 5.69 Å². The number of hydrogen-bond donors (Lipinski definition) is 3. The smallest absolute Gasteiger partial charge is 0.339 e. The standard InChI is InChI=1S/C15H14N2O5/c1-8-11(15(21)22-2)7-12(13(19)16-8)14(20)17-9-3-5-10(18)6-4-9/h3-7,18H,1-2H3,(H,16,19)(H,17,20). The van der Waals surface area contributed by atoms with Gasteiger partial charge in [0.25, 0.3) is 11.5 Å². The zero-order valence-corrected chi connectivity index (χ0v) is 12.0. The van der Waals surface area contributed by atoms with Crippen LogP contribution in [0.2, 0.25) is 0 Å². The lowest BCUT2D eigenvalue weighted by Gasteiger charge is -2.08. The van der Waals surface area contributed by atoms with E-state index in [1.807, 2.05) is 0 Å². The minimum absolute atomic E-state index is 0.0548. The third kappa shape index (κ3) is 3.14. The van der Waals surface area contributed by atoms with Gasteiger partial charge in [-0.15, -0.1) is 0 Å². The average molecular weight is 302 g/mol. The Bertz CT molecular complexity index is 778. The largest absolute Gasteiger partial charge is 0.508 e. The van der Waals surface area contributed by atoms with Crippen molar-refractivity contribution in [1.29, 1.82) is 0 Å². The van der Waals surface area contributed by atoms with Gasteiger partial charge in [-0.05, 0) is 37.3 Å². The molecule has 2 aromatic rings. The summed E-state index contributed by atoms with van der Waals surface area (Å²) < 4.78 is 4.60. The normalized spacial score (nSPS) is 10.1. The number of carbonyl (C=O) groups excluding carboxylic acids is 2. The second-order valence-electron chi connectivity index (χ2n) is 4.54. The molecule has 1 aromatic heterocycles. The van der Waals surface area contributed by atoms with E-state index in [-0.39, 0.29) is 16.9 Å². The molecule has 0 bridgehead atoms. The summed E-state index contributed by atoms with van der Waals surface area (Å²) in [5, 5.41) is 11.7. The van der Waals surface area contributed by atoms with E-state index >= 15 is 0 Å². The van der Waals surface area contributed by atoms with Gasteiger partial charge in [0, 0.05) is 11.4 Å². The average Bonchev–Trinajstić information content (AvgIpc) is 2.49. The van der Waals surface area contributed by atoms with E-state index in [4.69, 9.17) is 0 Å². The molecule has 1 amide bonds. The summed E-state index contributed by atoms with van der Waals surface area (Å²) in [6, 6.07) is 6.95. The van der Waals surface area contributed by atoms with Gasteiger partial charge in [-0.3, -0.25) is 9.59 Å². The number of hydrogen-bond acceptors (Lipinski definition) is 5. The predicted molar refractivity (Wildman–Crippen MR) is 79.2 cm³/mol. The van der Waals surface area contributed by atoms with Gasteiger partial charge in [-0.25, -0.2) is 4.79 Å². The predicted octanol–water partition coefficient (Wildman–Crippen LogP) is 1.43. The van der Waals surface area contributed by atoms with E-state index in [0.717, 1.165) is 0 Å². The van der Waals surface area contributed by atoms with Crippen molar-refractivity contribution in [2.45, 2.75) is 6.92 Å². The third-order valence-electron chi connectivity index (χ3n) is 3.01. The van der Waals surface area contributed by atoms with E-state index in [1.165, 1.54) is 44.4 Å². The molecule has 0 aliphatic rings. The van der Waals surface area contributed by atoms with Crippen molar-refractivity contribution in [3.63, 3.8) is 0 Å². The number of methoxy groups -OCH3 is 1. The Balaban J connectivity index is 2.35. The summed E-state index contributed by atoms with van der Waals surface area (Å²) in [5.74, 6) is -1.26. The number of aromatic hydroxyl groups is 1. The maximum Gasteiger partial charge on any atom is 0.339 e. The molecule has 0 fully saturated rings. The fourth-order valence-electron chi connectivity index (χ4n) is 1.86. The van der Waals surface area contributed by atoms with Crippen molar-refractivity contribution >= 4 is 17.6 Å². The third-order valence-corrected chi connectivity index (χ3v) is 3.01. The minimum atomic E-state index is -0.669. The molecule has 0 aliphatic carbocycles. The number of H-pyrrole nitrogens is 1. The van der Waals surface area contributed by atoms with Crippen molar-refractivity contribution in [2.24, 2.45) is 0 Å². The highest BCUT2D eigenvalue weighted by atomic mass is 16.5. The fraction of sp³-hybridized carbons (Fsp3) is 0.133. The molecule has 0 spiro atoms. The monoisotopic (exact) mass is 302 g/mol. The summed E-state index contributed by atoms with van der Waals surface area (Å²) in [7, 11) is 1.21. The first-order valence-electron chi connectivity index (χ1n) is 6.35. The van der Waals surface area contributed by atoms with Gasteiger partial charge in [0.05, 0.1) is 12.7 Å². The number of ether oxygens (including phenoxy) is 1. The number of nitrogens with one attached hydrogen (secondary N) is 2. The summed E-state index contributed by atoms with van der Waals surface area (Å²) in [6.07, 6.45) is 0. The second-order valence-corrected chi connectivity index (χ2v) is 4.54. The second kappa shape index (κ2) is 6.13. The number of aryl methyl sites for hydroxylation is 1. The quantitative estimate of drug-likeness (QED) is 0.587. The minimum Gasteiger partial charge on any atom is -0.508 e. The molecule has 2 rings (SSSR count). The highest BCUT2D eigenvalue weighted by molar-refractivity contribution is 6.05. The molecule has 7 heteroatoms. The summed E-state index contributed by atoms with van der Waals surface area (Å²) in [6.45, 7) is 1.54. The Morgan fingerprint density at radius 1 is 1.18 bits per heavy atom. The summed E-state index contributed by atoms with van der Waals surface area (Å²) in [5.41, 5.74) is 0.0129. The van der Waals surface area contributed by atoms with Crippen LogP contribution in [0.5, 0.6) is 5.75 Å².